The maximum atomic E-state index is 7.53. The number of benzene rings is 1. The lowest BCUT2D eigenvalue weighted by Crippen LogP contribution is -2.11. The van der Waals surface area contributed by atoms with Crippen molar-refractivity contribution < 1.29 is 4.74 Å². The van der Waals surface area contributed by atoms with Crippen LogP contribution in [0.25, 0.3) is 6.08 Å². The van der Waals surface area contributed by atoms with Crippen LogP contribution in [0.5, 0.6) is 5.75 Å². The molecule has 1 aromatic carbocycles. The van der Waals surface area contributed by atoms with Gasteiger partial charge in [0.25, 0.3) is 0 Å². The summed E-state index contributed by atoms with van der Waals surface area (Å²) < 4.78 is 5.36. The third-order valence-corrected chi connectivity index (χ3v) is 4.84. The number of nitrogens with zero attached hydrogens (tertiary/aromatic N) is 1. The van der Waals surface area contributed by atoms with Crippen LogP contribution >= 0.6 is 11.3 Å². The highest BCUT2D eigenvalue weighted by Gasteiger charge is 2.03. The molecule has 2 rings (SSSR count). The van der Waals surface area contributed by atoms with Crippen LogP contribution in [-0.4, -0.2) is 25.0 Å². The molecule has 6 heteroatoms. The van der Waals surface area contributed by atoms with Gasteiger partial charge < -0.3 is 16.2 Å². The van der Waals surface area contributed by atoms with Crippen molar-refractivity contribution >= 4 is 23.2 Å². The topological polar surface area (TPSA) is 98.0 Å². The van der Waals surface area contributed by atoms with Crippen LogP contribution < -0.4 is 16.2 Å². The molecule has 142 valence electrons. The summed E-state index contributed by atoms with van der Waals surface area (Å²) >= 11 is 1.76. The van der Waals surface area contributed by atoms with Crippen molar-refractivity contribution in [2.45, 2.75) is 39.0 Å². The van der Waals surface area contributed by atoms with Crippen LogP contribution in [0.4, 0.5) is 0 Å². The van der Waals surface area contributed by atoms with Crippen molar-refractivity contribution in [3.05, 3.63) is 51.5 Å². The molecule has 0 fully saturated rings. The molecule has 0 atom stereocenters. The first-order valence-electron chi connectivity index (χ1n) is 8.84. The predicted octanol–water partition coefficient (Wildman–Crippen LogP) is 4.00. The van der Waals surface area contributed by atoms with Crippen molar-refractivity contribution in [2.24, 2.45) is 11.5 Å². The standard InChI is InChI=1S/C19H25N3OS.CH5N/c1-3-18-22-16(13-24-18)9-7-5-4-6-8-14-12-15(19(20)21)10-11-17(14)23-2;1-2/h6,8,10-13H,3-5,7,9H2,1-2H3,(H3,20,21);2H2,1H3/b8-6+;. The van der Waals surface area contributed by atoms with Crippen molar-refractivity contribution in [1.82, 2.24) is 4.98 Å². The molecule has 1 heterocycles. The maximum absolute atomic E-state index is 7.53. The Morgan fingerprint density at radius 3 is 2.69 bits per heavy atom. The van der Waals surface area contributed by atoms with Crippen LogP contribution in [0.15, 0.2) is 29.7 Å². The quantitative estimate of drug-likeness (QED) is 0.351. The third kappa shape index (κ3) is 6.98. The lowest BCUT2D eigenvalue weighted by molar-refractivity contribution is 0.414. The number of nitrogens with one attached hydrogen (secondary N) is 1. The first kappa shape index (κ1) is 21.9. The molecule has 26 heavy (non-hydrogen) atoms. The van der Waals surface area contributed by atoms with E-state index in [4.69, 9.17) is 15.9 Å². The molecule has 0 aliphatic rings. The zero-order valence-corrected chi connectivity index (χ0v) is 16.7. The van der Waals surface area contributed by atoms with Crippen LogP contribution in [0.2, 0.25) is 0 Å². The monoisotopic (exact) mass is 374 g/mol. The van der Waals surface area contributed by atoms with Gasteiger partial charge >= 0.3 is 0 Å². The van der Waals surface area contributed by atoms with Gasteiger partial charge in [-0.2, -0.15) is 0 Å². The number of rotatable bonds is 9. The van der Waals surface area contributed by atoms with Crippen LogP contribution in [0, 0.1) is 5.41 Å². The summed E-state index contributed by atoms with van der Waals surface area (Å²) in [6.07, 6.45) is 9.55. The SMILES string of the molecule is CCc1nc(CCCC/C=C/c2cc(C(=N)N)ccc2OC)cs1.CN. The van der Waals surface area contributed by atoms with E-state index in [2.05, 4.69) is 29.1 Å². The summed E-state index contributed by atoms with van der Waals surface area (Å²) in [4.78, 5) is 4.60. The molecule has 0 amide bonds. The maximum Gasteiger partial charge on any atom is 0.126 e. The minimum absolute atomic E-state index is 0.0713. The Bertz CT molecular complexity index is 710. The smallest absolute Gasteiger partial charge is 0.126 e. The molecule has 0 aliphatic carbocycles. The Kier molecular flexibility index (Phi) is 10.3. The predicted molar refractivity (Wildman–Crippen MR) is 112 cm³/mol. The lowest BCUT2D eigenvalue weighted by Gasteiger charge is -2.07. The van der Waals surface area contributed by atoms with Crippen molar-refractivity contribution in [3.63, 3.8) is 0 Å². The van der Waals surface area contributed by atoms with Gasteiger partial charge in [0.1, 0.15) is 11.6 Å². The highest BCUT2D eigenvalue weighted by Crippen LogP contribution is 2.22. The number of unbranched alkanes of at least 4 members (excludes halogenated alkanes) is 2. The molecular formula is C20H30N4OS. The molecule has 0 spiro atoms. The summed E-state index contributed by atoms with van der Waals surface area (Å²) in [5, 5.41) is 10.9. The molecule has 0 aliphatic heterocycles. The van der Waals surface area contributed by atoms with E-state index in [1.807, 2.05) is 18.2 Å². The van der Waals surface area contributed by atoms with Gasteiger partial charge in [0, 0.05) is 16.5 Å². The molecule has 0 radical (unpaired) electrons. The van der Waals surface area contributed by atoms with Gasteiger partial charge in [-0.05, 0) is 57.4 Å². The molecule has 1 aromatic heterocycles. The highest BCUT2D eigenvalue weighted by molar-refractivity contribution is 7.09. The van der Waals surface area contributed by atoms with E-state index in [9.17, 15) is 0 Å². The van der Waals surface area contributed by atoms with Gasteiger partial charge in [0.2, 0.25) is 0 Å². The van der Waals surface area contributed by atoms with E-state index >= 15 is 0 Å². The Labute approximate surface area is 160 Å². The van der Waals surface area contributed by atoms with Crippen molar-refractivity contribution in [3.8, 4) is 5.75 Å². The summed E-state index contributed by atoms with van der Waals surface area (Å²) in [6.45, 7) is 2.14. The number of ether oxygens (including phenoxy) is 1. The second kappa shape index (κ2) is 12.2. The van der Waals surface area contributed by atoms with E-state index in [1.54, 1.807) is 24.5 Å². The first-order chi connectivity index (χ1) is 12.6. The first-order valence-corrected chi connectivity index (χ1v) is 9.72. The van der Waals surface area contributed by atoms with Gasteiger partial charge in [0.05, 0.1) is 17.8 Å². The fourth-order valence-electron chi connectivity index (χ4n) is 2.44. The summed E-state index contributed by atoms with van der Waals surface area (Å²) in [7, 11) is 3.15. The Morgan fingerprint density at radius 1 is 1.31 bits per heavy atom. The zero-order chi connectivity index (χ0) is 19.4. The van der Waals surface area contributed by atoms with Gasteiger partial charge in [-0.15, -0.1) is 11.3 Å². The largest absolute Gasteiger partial charge is 0.496 e. The Balaban J connectivity index is 0.00000163. The fourth-order valence-corrected chi connectivity index (χ4v) is 3.22. The Hall–Kier alpha value is -2.18. The van der Waals surface area contributed by atoms with Crippen LogP contribution in [0.1, 0.15) is 48.0 Å². The average molecular weight is 375 g/mol. The minimum Gasteiger partial charge on any atom is -0.496 e. The highest BCUT2D eigenvalue weighted by atomic mass is 32.1. The van der Waals surface area contributed by atoms with Crippen LogP contribution in [0.3, 0.4) is 0 Å². The molecule has 0 saturated carbocycles. The van der Waals surface area contributed by atoms with Gasteiger partial charge in [-0.3, -0.25) is 5.41 Å². The van der Waals surface area contributed by atoms with E-state index in [0.717, 1.165) is 43.4 Å². The molecule has 5 N–H and O–H groups in total. The molecule has 0 unspecified atom stereocenters. The van der Waals surface area contributed by atoms with Gasteiger partial charge in [-0.1, -0.05) is 19.1 Å². The lowest BCUT2D eigenvalue weighted by atomic mass is 10.1. The molecule has 0 saturated heterocycles. The van der Waals surface area contributed by atoms with Crippen LogP contribution in [-0.2, 0) is 12.8 Å². The van der Waals surface area contributed by atoms with E-state index in [-0.39, 0.29) is 5.84 Å². The number of amidine groups is 1. The van der Waals surface area contributed by atoms with E-state index < -0.39 is 0 Å². The third-order valence-electron chi connectivity index (χ3n) is 3.79. The van der Waals surface area contributed by atoms with Gasteiger partial charge in [-0.25, -0.2) is 4.98 Å². The zero-order valence-electron chi connectivity index (χ0n) is 15.9. The number of hydrogen-bond acceptors (Lipinski definition) is 5. The number of nitrogens with two attached hydrogens (primary N) is 2. The number of aromatic nitrogens is 1. The normalized spacial score (nSPS) is 10.5. The summed E-state index contributed by atoms with van der Waals surface area (Å²) in [6, 6.07) is 5.54. The summed E-state index contributed by atoms with van der Waals surface area (Å²) in [5.41, 5.74) is 12.9. The number of hydrogen-bond donors (Lipinski definition) is 3. The number of nitrogen functional groups attached to an aromatic ring is 1. The van der Waals surface area contributed by atoms with E-state index in [0.29, 0.717) is 5.56 Å². The number of aryl methyl sites for hydroxylation is 2. The minimum atomic E-state index is 0.0713. The molecular weight excluding hydrogens is 344 g/mol. The number of thiazole rings is 1. The second-order valence-electron chi connectivity index (χ2n) is 5.60. The second-order valence-corrected chi connectivity index (χ2v) is 6.55. The fraction of sp³-hybridized carbons (Fsp3) is 0.400. The summed E-state index contributed by atoms with van der Waals surface area (Å²) in [5.74, 6) is 0.868. The molecule has 0 bridgehead atoms. The Morgan fingerprint density at radius 2 is 2.08 bits per heavy atom. The van der Waals surface area contributed by atoms with Crippen molar-refractivity contribution in [1.29, 1.82) is 5.41 Å². The molecule has 5 nitrogen and oxygen atoms in total. The van der Waals surface area contributed by atoms with Crippen molar-refractivity contribution in [2.75, 3.05) is 14.2 Å². The van der Waals surface area contributed by atoms with Gasteiger partial charge in [0.15, 0.2) is 0 Å². The average Bonchev–Trinajstić information content (AvgIpc) is 3.14. The number of allylic oxidation sites excluding steroid dienone is 1. The van der Waals surface area contributed by atoms with E-state index in [1.165, 1.54) is 17.7 Å². The molecule has 2 aromatic rings. The number of methoxy groups -OCH3 is 1.